The second kappa shape index (κ2) is 4.20. The fraction of sp³-hybridized carbons (Fsp3) is 0. The lowest BCUT2D eigenvalue weighted by molar-refractivity contribution is 0.582. The molecule has 6 heteroatoms. The lowest BCUT2D eigenvalue weighted by atomic mass is 10.2. The lowest BCUT2D eigenvalue weighted by Gasteiger charge is -2.07. The van der Waals surface area contributed by atoms with E-state index in [1.54, 1.807) is 18.2 Å². The SMILES string of the molecule is Nc1nc2c(Cl)cccc2n1-c1cc(F)cc(F)c1. The lowest BCUT2D eigenvalue weighted by Crippen LogP contribution is -2.01. The summed E-state index contributed by atoms with van der Waals surface area (Å²) < 4.78 is 28.0. The maximum absolute atomic E-state index is 13.3. The van der Waals surface area contributed by atoms with Crippen LogP contribution in [0.15, 0.2) is 36.4 Å². The van der Waals surface area contributed by atoms with Crippen LogP contribution in [0.5, 0.6) is 0 Å². The zero-order chi connectivity index (χ0) is 13.6. The van der Waals surface area contributed by atoms with Gasteiger partial charge in [0.05, 0.1) is 16.2 Å². The maximum Gasteiger partial charge on any atom is 0.205 e. The summed E-state index contributed by atoms with van der Waals surface area (Å²) in [5.74, 6) is -1.25. The largest absolute Gasteiger partial charge is 0.369 e. The summed E-state index contributed by atoms with van der Waals surface area (Å²) in [6.45, 7) is 0. The predicted octanol–water partition coefficient (Wildman–Crippen LogP) is 3.54. The summed E-state index contributed by atoms with van der Waals surface area (Å²) in [7, 11) is 0. The first kappa shape index (κ1) is 11.9. The van der Waals surface area contributed by atoms with E-state index in [0.717, 1.165) is 6.07 Å². The van der Waals surface area contributed by atoms with E-state index in [0.29, 0.717) is 16.1 Å². The molecule has 96 valence electrons. The van der Waals surface area contributed by atoms with Crippen molar-refractivity contribution < 1.29 is 8.78 Å². The van der Waals surface area contributed by atoms with Gasteiger partial charge in [0.25, 0.3) is 0 Å². The highest BCUT2D eigenvalue weighted by Crippen LogP contribution is 2.28. The highest BCUT2D eigenvalue weighted by atomic mass is 35.5. The zero-order valence-electron chi connectivity index (χ0n) is 9.57. The van der Waals surface area contributed by atoms with E-state index in [1.807, 2.05) is 0 Å². The van der Waals surface area contributed by atoms with E-state index < -0.39 is 11.6 Å². The Morgan fingerprint density at radius 1 is 1.11 bits per heavy atom. The molecule has 0 spiro atoms. The molecule has 0 atom stereocenters. The van der Waals surface area contributed by atoms with Crippen molar-refractivity contribution in [3.05, 3.63) is 53.1 Å². The smallest absolute Gasteiger partial charge is 0.205 e. The molecule has 0 aliphatic heterocycles. The van der Waals surface area contributed by atoms with Crippen LogP contribution in [0.2, 0.25) is 5.02 Å². The van der Waals surface area contributed by atoms with Crippen LogP contribution < -0.4 is 5.73 Å². The number of nitrogens with zero attached hydrogens (tertiary/aromatic N) is 2. The Bertz CT molecular complexity index is 763. The first-order valence-corrected chi connectivity index (χ1v) is 5.83. The van der Waals surface area contributed by atoms with Crippen LogP contribution in [0.1, 0.15) is 0 Å². The fourth-order valence-electron chi connectivity index (χ4n) is 2.02. The summed E-state index contributed by atoms with van der Waals surface area (Å²) in [4.78, 5) is 4.11. The molecule has 0 fully saturated rings. The van der Waals surface area contributed by atoms with Crippen LogP contribution in [0, 0.1) is 11.6 Å². The number of hydrogen-bond donors (Lipinski definition) is 1. The van der Waals surface area contributed by atoms with Gasteiger partial charge in [0.15, 0.2) is 0 Å². The number of anilines is 1. The minimum atomic E-state index is -0.682. The van der Waals surface area contributed by atoms with Gasteiger partial charge in [0.2, 0.25) is 5.95 Å². The third-order valence-corrected chi connectivity index (χ3v) is 3.07. The van der Waals surface area contributed by atoms with Crippen molar-refractivity contribution in [3.8, 4) is 5.69 Å². The highest BCUT2D eigenvalue weighted by molar-refractivity contribution is 6.35. The van der Waals surface area contributed by atoms with E-state index in [9.17, 15) is 8.78 Å². The number of aromatic nitrogens is 2. The van der Waals surface area contributed by atoms with E-state index in [4.69, 9.17) is 17.3 Å². The number of halogens is 3. The number of rotatable bonds is 1. The molecular weight excluding hydrogens is 272 g/mol. The molecule has 19 heavy (non-hydrogen) atoms. The minimum absolute atomic E-state index is 0.119. The van der Waals surface area contributed by atoms with Crippen LogP contribution in [0.25, 0.3) is 16.7 Å². The molecule has 0 aliphatic carbocycles. The van der Waals surface area contributed by atoms with Crippen molar-refractivity contribution in [3.63, 3.8) is 0 Å². The first-order valence-electron chi connectivity index (χ1n) is 5.45. The van der Waals surface area contributed by atoms with Gasteiger partial charge in [-0.3, -0.25) is 4.57 Å². The summed E-state index contributed by atoms with van der Waals surface area (Å²) >= 11 is 6.01. The third-order valence-electron chi connectivity index (χ3n) is 2.77. The van der Waals surface area contributed by atoms with Crippen LogP contribution in [-0.2, 0) is 0 Å². The molecule has 2 N–H and O–H groups in total. The first-order chi connectivity index (χ1) is 9.06. The Morgan fingerprint density at radius 3 is 2.47 bits per heavy atom. The second-order valence-corrected chi connectivity index (χ2v) is 4.45. The van der Waals surface area contributed by atoms with E-state index in [-0.39, 0.29) is 11.6 Å². The quantitative estimate of drug-likeness (QED) is 0.740. The molecule has 0 aliphatic rings. The Balaban J connectivity index is 2.36. The van der Waals surface area contributed by atoms with Crippen molar-refractivity contribution in [2.75, 3.05) is 5.73 Å². The number of fused-ring (bicyclic) bond motifs is 1. The average molecular weight is 280 g/mol. The van der Waals surface area contributed by atoms with Gasteiger partial charge >= 0.3 is 0 Å². The molecule has 0 unspecified atom stereocenters. The van der Waals surface area contributed by atoms with Crippen LogP contribution in [0.3, 0.4) is 0 Å². The van der Waals surface area contributed by atoms with Crippen molar-refractivity contribution >= 4 is 28.6 Å². The molecular formula is C13H8ClF2N3. The normalized spacial score (nSPS) is 11.1. The Kier molecular flexibility index (Phi) is 2.64. The van der Waals surface area contributed by atoms with Crippen LogP contribution in [0.4, 0.5) is 14.7 Å². The molecule has 0 saturated carbocycles. The number of imidazole rings is 1. The second-order valence-electron chi connectivity index (χ2n) is 4.04. The maximum atomic E-state index is 13.3. The van der Waals surface area contributed by atoms with E-state index >= 15 is 0 Å². The monoisotopic (exact) mass is 279 g/mol. The molecule has 2 aromatic carbocycles. The average Bonchev–Trinajstić information content (AvgIpc) is 2.65. The fourth-order valence-corrected chi connectivity index (χ4v) is 2.23. The summed E-state index contributed by atoms with van der Waals surface area (Å²) in [6.07, 6.45) is 0. The van der Waals surface area contributed by atoms with Gasteiger partial charge in [0, 0.05) is 6.07 Å². The van der Waals surface area contributed by atoms with Crippen molar-refractivity contribution in [2.45, 2.75) is 0 Å². The molecule has 1 heterocycles. The molecule has 3 rings (SSSR count). The predicted molar refractivity (Wildman–Crippen MR) is 70.4 cm³/mol. The summed E-state index contributed by atoms with van der Waals surface area (Å²) in [5.41, 5.74) is 7.15. The van der Waals surface area contributed by atoms with Gasteiger partial charge in [-0.15, -0.1) is 0 Å². The Labute approximate surface area is 112 Å². The molecule has 0 radical (unpaired) electrons. The van der Waals surface area contributed by atoms with Crippen LogP contribution in [-0.4, -0.2) is 9.55 Å². The van der Waals surface area contributed by atoms with Gasteiger partial charge < -0.3 is 5.73 Å². The molecule has 1 aromatic heterocycles. The van der Waals surface area contributed by atoms with Gasteiger partial charge in [-0.1, -0.05) is 17.7 Å². The Morgan fingerprint density at radius 2 is 1.79 bits per heavy atom. The third kappa shape index (κ3) is 1.92. The Hall–Kier alpha value is -2.14. The van der Waals surface area contributed by atoms with Crippen molar-refractivity contribution in [2.24, 2.45) is 0 Å². The number of hydrogen-bond acceptors (Lipinski definition) is 2. The van der Waals surface area contributed by atoms with Gasteiger partial charge in [0.1, 0.15) is 17.2 Å². The summed E-state index contributed by atoms with van der Waals surface area (Å²) in [6, 6.07) is 8.28. The zero-order valence-corrected chi connectivity index (χ0v) is 10.3. The molecule has 3 aromatic rings. The van der Waals surface area contributed by atoms with Gasteiger partial charge in [-0.25, -0.2) is 13.8 Å². The van der Waals surface area contributed by atoms with Gasteiger partial charge in [-0.05, 0) is 24.3 Å². The number of nitrogen functional groups attached to an aromatic ring is 1. The van der Waals surface area contributed by atoms with Crippen molar-refractivity contribution in [1.29, 1.82) is 0 Å². The number of para-hydroxylation sites is 1. The molecule has 0 amide bonds. The summed E-state index contributed by atoms with van der Waals surface area (Å²) in [5, 5.41) is 0.430. The number of benzene rings is 2. The standard InChI is InChI=1S/C13H8ClF2N3/c14-10-2-1-3-11-12(10)18-13(17)19(11)9-5-7(15)4-8(16)6-9/h1-6H,(H2,17,18). The highest BCUT2D eigenvalue weighted by Gasteiger charge is 2.13. The molecule has 0 saturated heterocycles. The van der Waals surface area contributed by atoms with Gasteiger partial charge in [-0.2, -0.15) is 0 Å². The molecule has 0 bridgehead atoms. The van der Waals surface area contributed by atoms with E-state index in [1.165, 1.54) is 16.7 Å². The van der Waals surface area contributed by atoms with Crippen LogP contribution >= 0.6 is 11.6 Å². The number of nitrogens with two attached hydrogens (primary N) is 1. The molecule has 3 nitrogen and oxygen atoms in total. The minimum Gasteiger partial charge on any atom is -0.369 e. The van der Waals surface area contributed by atoms with Crippen molar-refractivity contribution in [1.82, 2.24) is 9.55 Å². The van der Waals surface area contributed by atoms with E-state index in [2.05, 4.69) is 4.98 Å². The topological polar surface area (TPSA) is 43.8 Å².